The number of benzene rings is 2. The molecule has 1 heterocycles. The van der Waals surface area contributed by atoms with Crippen molar-refractivity contribution >= 4 is 17.3 Å². The summed E-state index contributed by atoms with van der Waals surface area (Å²) in [6, 6.07) is 9.25. The van der Waals surface area contributed by atoms with Gasteiger partial charge in [-0.1, -0.05) is 0 Å². The largest absolute Gasteiger partial charge is 0.490 e. The van der Waals surface area contributed by atoms with Crippen molar-refractivity contribution in [1.29, 1.82) is 0 Å². The summed E-state index contributed by atoms with van der Waals surface area (Å²) in [5, 5.41) is 10.9. The van der Waals surface area contributed by atoms with Gasteiger partial charge in [0.2, 0.25) is 0 Å². The molecule has 0 saturated carbocycles. The number of carbonyl (C=O) groups is 1. The Morgan fingerprint density at radius 1 is 1.23 bits per heavy atom. The van der Waals surface area contributed by atoms with Crippen LogP contribution < -0.4 is 9.64 Å². The number of hydrogen-bond donors (Lipinski definition) is 0. The molecular formula is C15H11FN2O4. The van der Waals surface area contributed by atoms with E-state index in [-0.39, 0.29) is 24.7 Å². The molecule has 0 aliphatic carbocycles. The molecule has 3 rings (SSSR count). The number of fused-ring (bicyclic) bond motifs is 1. The molecule has 0 N–H and O–H groups in total. The van der Waals surface area contributed by atoms with Crippen LogP contribution in [0.1, 0.15) is 10.4 Å². The highest BCUT2D eigenvalue weighted by molar-refractivity contribution is 6.07. The van der Waals surface area contributed by atoms with Crippen LogP contribution in [0.25, 0.3) is 0 Å². The minimum atomic E-state index is -0.532. The highest BCUT2D eigenvalue weighted by Crippen LogP contribution is 2.35. The molecule has 1 aliphatic heterocycles. The molecule has 0 unspecified atom stereocenters. The van der Waals surface area contributed by atoms with Gasteiger partial charge in [-0.15, -0.1) is 0 Å². The lowest BCUT2D eigenvalue weighted by atomic mass is 10.1. The van der Waals surface area contributed by atoms with Gasteiger partial charge in [0.05, 0.1) is 17.2 Å². The van der Waals surface area contributed by atoms with Crippen LogP contribution in [-0.2, 0) is 0 Å². The fourth-order valence-electron chi connectivity index (χ4n) is 2.28. The van der Waals surface area contributed by atoms with Gasteiger partial charge in [-0.05, 0) is 30.3 Å². The number of anilines is 1. The van der Waals surface area contributed by atoms with Crippen molar-refractivity contribution in [3.63, 3.8) is 0 Å². The van der Waals surface area contributed by atoms with Crippen molar-refractivity contribution in [1.82, 2.24) is 0 Å². The minimum Gasteiger partial charge on any atom is -0.490 e. The van der Waals surface area contributed by atoms with Crippen molar-refractivity contribution in [2.75, 3.05) is 18.1 Å². The Morgan fingerprint density at radius 3 is 2.64 bits per heavy atom. The lowest BCUT2D eigenvalue weighted by Gasteiger charge is -2.29. The molecule has 1 aliphatic rings. The zero-order valence-corrected chi connectivity index (χ0v) is 11.4. The van der Waals surface area contributed by atoms with Gasteiger partial charge in [0.1, 0.15) is 18.2 Å². The van der Waals surface area contributed by atoms with Crippen LogP contribution in [0.3, 0.4) is 0 Å². The Balaban J connectivity index is 1.99. The average Bonchev–Trinajstić information content (AvgIpc) is 2.53. The summed E-state index contributed by atoms with van der Waals surface area (Å²) in [5.74, 6) is -0.382. The second kappa shape index (κ2) is 5.44. The van der Waals surface area contributed by atoms with Gasteiger partial charge < -0.3 is 9.64 Å². The van der Waals surface area contributed by atoms with E-state index in [0.717, 1.165) is 0 Å². The Bertz CT molecular complexity index is 746. The molecule has 2 aromatic carbocycles. The van der Waals surface area contributed by atoms with Gasteiger partial charge in [0.15, 0.2) is 0 Å². The fourth-order valence-corrected chi connectivity index (χ4v) is 2.28. The summed E-state index contributed by atoms with van der Waals surface area (Å²) in [6.07, 6.45) is 0. The highest BCUT2D eigenvalue weighted by Gasteiger charge is 2.26. The van der Waals surface area contributed by atoms with E-state index >= 15 is 0 Å². The Hall–Kier alpha value is -2.96. The molecule has 22 heavy (non-hydrogen) atoms. The van der Waals surface area contributed by atoms with Gasteiger partial charge >= 0.3 is 0 Å². The molecule has 0 atom stereocenters. The van der Waals surface area contributed by atoms with Crippen LogP contribution in [0.2, 0.25) is 0 Å². The molecule has 112 valence electrons. The van der Waals surface area contributed by atoms with E-state index < -0.39 is 10.7 Å². The van der Waals surface area contributed by atoms with Crippen LogP contribution in [0.4, 0.5) is 15.8 Å². The molecule has 0 spiro atoms. The van der Waals surface area contributed by atoms with Crippen molar-refractivity contribution in [2.24, 2.45) is 0 Å². The number of halogens is 1. The van der Waals surface area contributed by atoms with Crippen molar-refractivity contribution in [3.05, 3.63) is 64.0 Å². The zero-order chi connectivity index (χ0) is 15.7. The van der Waals surface area contributed by atoms with E-state index in [2.05, 4.69) is 0 Å². The first-order valence-electron chi connectivity index (χ1n) is 6.55. The maximum absolute atomic E-state index is 13.0. The third-order valence-electron chi connectivity index (χ3n) is 3.35. The van der Waals surface area contributed by atoms with E-state index in [1.54, 1.807) is 0 Å². The van der Waals surface area contributed by atoms with E-state index in [1.165, 1.54) is 47.4 Å². The molecule has 6 nitrogen and oxygen atoms in total. The molecule has 0 saturated heterocycles. The topological polar surface area (TPSA) is 72.7 Å². The van der Waals surface area contributed by atoms with Gasteiger partial charge in [-0.3, -0.25) is 14.9 Å². The number of hydrogen-bond acceptors (Lipinski definition) is 4. The Morgan fingerprint density at radius 2 is 1.95 bits per heavy atom. The molecule has 0 fully saturated rings. The van der Waals surface area contributed by atoms with E-state index in [0.29, 0.717) is 17.0 Å². The quantitative estimate of drug-likeness (QED) is 0.631. The number of nitro groups is 1. The minimum absolute atomic E-state index is 0.124. The van der Waals surface area contributed by atoms with Gasteiger partial charge in [-0.2, -0.15) is 0 Å². The lowest BCUT2D eigenvalue weighted by molar-refractivity contribution is -0.384. The van der Waals surface area contributed by atoms with Crippen molar-refractivity contribution < 1.29 is 18.8 Å². The molecule has 7 heteroatoms. The van der Waals surface area contributed by atoms with Crippen molar-refractivity contribution in [2.45, 2.75) is 0 Å². The average molecular weight is 302 g/mol. The monoisotopic (exact) mass is 302 g/mol. The van der Waals surface area contributed by atoms with Gasteiger partial charge in [0, 0.05) is 17.7 Å². The fraction of sp³-hybridized carbons (Fsp3) is 0.133. The first-order chi connectivity index (χ1) is 10.6. The molecule has 1 amide bonds. The number of nitrogens with zero attached hydrogens (tertiary/aromatic N) is 2. The maximum atomic E-state index is 13.0. The Labute approximate surface area is 124 Å². The molecule has 0 bridgehead atoms. The van der Waals surface area contributed by atoms with Crippen LogP contribution in [-0.4, -0.2) is 24.0 Å². The third kappa shape index (κ3) is 2.48. The van der Waals surface area contributed by atoms with E-state index in [9.17, 15) is 19.3 Å². The van der Waals surface area contributed by atoms with E-state index in [4.69, 9.17) is 4.74 Å². The van der Waals surface area contributed by atoms with E-state index in [1.807, 2.05) is 0 Å². The first kappa shape index (κ1) is 14.0. The molecular weight excluding hydrogens is 291 g/mol. The normalized spacial score (nSPS) is 13.2. The number of ether oxygens (including phenoxy) is 1. The highest BCUT2D eigenvalue weighted by atomic mass is 19.1. The van der Waals surface area contributed by atoms with Crippen LogP contribution in [0.5, 0.6) is 5.75 Å². The lowest BCUT2D eigenvalue weighted by Crippen LogP contribution is -2.38. The number of rotatable bonds is 2. The summed E-state index contributed by atoms with van der Waals surface area (Å²) >= 11 is 0. The summed E-state index contributed by atoms with van der Waals surface area (Å²) in [4.78, 5) is 24.3. The summed E-state index contributed by atoms with van der Waals surface area (Å²) in [7, 11) is 0. The van der Waals surface area contributed by atoms with Crippen molar-refractivity contribution in [3.8, 4) is 5.75 Å². The maximum Gasteiger partial charge on any atom is 0.271 e. The second-order valence-electron chi connectivity index (χ2n) is 4.72. The van der Waals surface area contributed by atoms with Crippen LogP contribution in [0.15, 0.2) is 42.5 Å². The van der Waals surface area contributed by atoms with Crippen LogP contribution in [0, 0.1) is 15.9 Å². The predicted molar refractivity (Wildman–Crippen MR) is 76.7 cm³/mol. The molecule has 0 aromatic heterocycles. The summed E-state index contributed by atoms with van der Waals surface area (Å²) < 4.78 is 18.4. The molecule has 2 aromatic rings. The van der Waals surface area contributed by atoms with Gasteiger partial charge in [-0.25, -0.2) is 4.39 Å². The summed E-state index contributed by atoms with van der Waals surface area (Å²) in [6.45, 7) is 0.558. The number of carbonyl (C=O) groups excluding carboxylic acids is 1. The zero-order valence-electron chi connectivity index (χ0n) is 11.4. The number of nitro benzene ring substituents is 1. The van der Waals surface area contributed by atoms with Crippen LogP contribution >= 0.6 is 0 Å². The standard InChI is InChI=1S/C15H11FN2O4/c16-11-3-1-10(2-4-11)15(19)17-7-8-22-14-6-5-12(18(20)21)9-13(14)17/h1-6,9H,7-8H2. The number of non-ortho nitro benzene ring substituents is 1. The third-order valence-corrected chi connectivity index (χ3v) is 3.35. The second-order valence-corrected chi connectivity index (χ2v) is 4.72. The molecule has 0 radical (unpaired) electrons. The number of amides is 1. The smallest absolute Gasteiger partial charge is 0.271 e. The van der Waals surface area contributed by atoms with Gasteiger partial charge in [0.25, 0.3) is 11.6 Å². The Kier molecular flexibility index (Phi) is 3.46. The first-order valence-corrected chi connectivity index (χ1v) is 6.55. The summed E-state index contributed by atoms with van der Waals surface area (Å²) in [5.41, 5.74) is 0.525. The SMILES string of the molecule is O=C(c1ccc(F)cc1)N1CCOc2ccc([N+](=O)[O-])cc21. The predicted octanol–water partition coefficient (Wildman–Crippen LogP) is 2.77.